The normalized spacial score (nSPS) is 15.1. The second-order valence-electron chi connectivity index (χ2n) is 3.43. The van der Waals surface area contributed by atoms with Gasteiger partial charge in [0.2, 0.25) is 0 Å². The summed E-state index contributed by atoms with van der Waals surface area (Å²) >= 11 is 0. The first-order valence-electron chi connectivity index (χ1n) is 5.90. The molecule has 2 rings (SSSR count). The van der Waals surface area contributed by atoms with Crippen molar-refractivity contribution in [3.8, 4) is 0 Å². The molecule has 0 heteroatoms. The summed E-state index contributed by atoms with van der Waals surface area (Å²) in [7, 11) is 0. The monoisotopic (exact) mass is 173 g/mol. The van der Waals surface area contributed by atoms with Gasteiger partial charge in [-0.25, -0.2) is 0 Å². The second-order valence-corrected chi connectivity index (χ2v) is 3.43. The molecule has 0 aliphatic heterocycles. The Morgan fingerprint density at radius 2 is 1.69 bits per heavy atom. The molecule has 2 aromatic rings. The fourth-order valence-electron chi connectivity index (χ4n) is 1.73. The van der Waals surface area contributed by atoms with Crippen LogP contribution in [0.15, 0.2) is 30.3 Å². The number of aryl methyl sites for hydroxylation is 3. The van der Waals surface area contributed by atoms with E-state index in [9.17, 15) is 0 Å². The summed E-state index contributed by atoms with van der Waals surface area (Å²) in [6, 6.07) is 9.50. The highest BCUT2D eigenvalue weighted by Crippen LogP contribution is 2.24. The summed E-state index contributed by atoms with van der Waals surface area (Å²) in [5.74, 6) is 0. The van der Waals surface area contributed by atoms with Crippen LogP contribution < -0.4 is 0 Å². The highest BCUT2D eigenvalue weighted by Gasteiger charge is 2.01. The molecule has 0 aliphatic rings. The third-order valence-corrected chi connectivity index (χ3v) is 2.47. The van der Waals surface area contributed by atoms with Crippen LogP contribution in [0, 0.1) is 20.7 Å². The van der Waals surface area contributed by atoms with Gasteiger partial charge in [-0.15, -0.1) is 0 Å². The molecule has 0 nitrogen and oxygen atoms in total. The molecule has 0 heterocycles. The molecule has 0 amide bonds. The summed E-state index contributed by atoms with van der Waals surface area (Å²) in [5.41, 5.74) is 2.59. The number of hydrogen-bond donors (Lipinski definition) is 0. The number of fused-ring (bicyclic) bond motifs is 1. The first-order chi connectivity index (χ1) is 7.41. The van der Waals surface area contributed by atoms with Crippen LogP contribution in [0.5, 0.6) is 0 Å². The predicted molar refractivity (Wildman–Crippen MR) is 58.2 cm³/mol. The molecule has 0 atom stereocenters. The van der Waals surface area contributed by atoms with Crippen molar-refractivity contribution in [1.82, 2.24) is 0 Å². The van der Waals surface area contributed by atoms with Crippen LogP contribution in [0.4, 0.5) is 0 Å². The van der Waals surface area contributed by atoms with Gasteiger partial charge in [0, 0.05) is 4.11 Å². The number of rotatable bonds is 0. The first-order valence-corrected chi connectivity index (χ1v) is 4.40. The highest BCUT2D eigenvalue weighted by molar-refractivity contribution is 5.90. The topological polar surface area (TPSA) is 0 Å². The van der Waals surface area contributed by atoms with E-state index in [2.05, 4.69) is 0 Å². The van der Waals surface area contributed by atoms with Gasteiger partial charge in [-0.1, -0.05) is 30.3 Å². The van der Waals surface area contributed by atoms with E-state index >= 15 is 0 Å². The average Bonchev–Trinajstić information content (AvgIpc) is 2.22. The standard InChI is InChI=1S/C13H14/c1-9-7-8-11(3)13-10(2)5-4-6-12(9)13/h4-8H,1-3H3/i2D3. The highest BCUT2D eigenvalue weighted by atomic mass is 14.1. The molecule has 0 N–H and O–H groups in total. The molecule has 0 unspecified atom stereocenters. The Balaban J connectivity index is 2.92. The van der Waals surface area contributed by atoms with E-state index in [0.29, 0.717) is 5.56 Å². The Bertz CT molecular complexity index is 539. The second kappa shape index (κ2) is 2.88. The summed E-state index contributed by atoms with van der Waals surface area (Å²) < 4.78 is 22.7. The third-order valence-electron chi connectivity index (χ3n) is 2.47. The largest absolute Gasteiger partial charge is 0.0614 e. The molecule has 2 aromatic carbocycles. The smallest absolute Gasteiger partial charge is 0.0280 e. The van der Waals surface area contributed by atoms with Crippen molar-refractivity contribution < 1.29 is 4.11 Å². The Labute approximate surface area is 83.4 Å². The zero-order chi connectivity index (χ0) is 11.9. The van der Waals surface area contributed by atoms with Crippen LogP contribution in [0.2, 0.25) is 0 Å². The quantitative estimate of drug-likeness (QED) is 0.569. The first kappa shape index (κ1) is 5.43. The lowest BCUT2D eigenvalue weighted by Crippen LogP contribution is -1.85. The van der Waals surface area contributed by atoms with Crippen LogP contribution in [0.3, 0.4) is 0 Å². The van der Waals surface area contributed by atoms with Crippen molar-refractivity contribution in [1.29, 1.82) is 0 Å². The van der Waals surface area contributed by atoms with Gasteiger partial charge in [-0.3, -0.25) is 0 Å². The third kappa shape index (κ3) is 1.23. The van der Waals surface area contributed by atoms with E-state index in [4.69, 9.17) is 4.11 Å². The van der Waals surface area contributed by atoms with Crippen molar-refractivity contribution in [2.24, 2.45) is 0 Å². The molecular weight excluding hydrogens is 156 g/mol. The fourth-order valence-corrected chi connectivity index (χ4v) is 1.73. The molecule has 0 radical (unpaired) electrons. The Morgan fingerprint density at radius 3 is 2.46 bits per heavy atom. The molecule has 0 bridgehead atoms. The van der Waals surface area contributed by atoms with E-state index in [1.54, 1.807) is 6.07 Å². The van der Waals surface area contributed by atoms with Gasteiger partial charge in [0.25, 0.3) is 0 Å². The lowest BCUT2D eigenvalue weighted by molar-refractivity contribution is 1.42. The number of hydrogen-bond acceptors (Lipinski definition) is 0. The van der Waals surface area contributed by atoms with Crippen molar-refractivity contribution in [2.45, 2.75) is 20.7 Å². The van der Waals surface area contributed by atoms with Crippen LogP contribution in [-0.4, -0.2) is 0 Å². The van der Waals surface area contributed by atoms with Gasteiger partial charge in [0.15, 0.2) is 0 Å². The Kier molecular flexibility index (Phi) is 1.20. The molecule has 0 aliphatic carbocycles. The lowest BCUT2D eigenvalue weighted by atomic mass is 9.97. The van der Waals surface area contributed by atoms with E-state index in [0.717, 1.165) is 21.9 Å². The van der Waals surface area contributed by atoms with E-state index in [1.807, 2.05) is 38.1 Å². The Morgan fingerprint density at radius 1 is 0.923 bits per heavy atom. The van der Waals surface area contributed by atoms with Gasteiger partial charge in [0.1, 0.15) is 0 Å². The van der Waals surface area contributed by atoms with E-state index in [1.165, 1.54) is 0 Å². The van der Waals surface area contributed by atoms with Crippen LogP contribution in [0.25, 0.3) is 10.8 Å². The summed E-state index contributed by atoms with van der Waals surface area (Å²) in [6.45, 7) is 1.92. The van der Waals surface area contributed by atoms with Gasteiger partial charge in [-0.2, -0.15) is 0 Å². The Hall–Kier alpha value is -1.30. The SMILES string of the molecule is [2H]C([2H])([2H])c1cccc2c(C)ccc(C)c12. The molecule has 0 fully saturated rings. The minimum Gasteiger partial charge on any atom is -0.0614 e. The maximum absolute atomic E-state index is 7.56. The summed E-state index contributed by atoms with van der Waals surface area (Å²) in [6.07, 6.45) is 0. The van der Waals surface area contributed by atoms with Crippen LogP contribution in [-0.2, 0) is 0 Å². The van der Waals surface area contributed by atoms with Crippen molar-refractivity contribution >= 4 is 10.8 Å². The lowest BCUT2D eigenvalue weighted by Gasteiger charge is -2.07. The minimum atomic E-state index is -2.04. The maximum atomic E-state index is 7.56. The zero-order valence-electron chi connectivity index (χ0n) is 10.9. The predicted octanol–water partition coefficient (Wildman–Crippen LogP) is 3.77. The fraction of sp³-hybridized carbons (Fsp3) is 0.231. The average molecular weight is 173 g/mol. The van der Waals surface area contributed by atoms with Crippen molar-refractivity contribution in [3.05, 3.63) is 47.0 Å². The summed E-state index contributed by atoms with van der Waals surface area (Å²) in [5, 5.41) is 1.91. The molecular formula is C13H14. The van der Waals surface area contributed by atoms with Crippen LogP contribution >= 0.6 is 0 Å². The van der Waals surface area contributed by atoms with E-state index in [-0.39, 0.29) is 0 Å². The molecule has 0 saturated carbocycles. The number of benzene rings is 2. The minimum absolute atomic E-state index is 0.450. The van der Waals surface area contributed by atoms with E-state index < -0.39 is 6.85 Å². The molecule has 66 valence electrons. The summed E-state index contributed by atoms with van der Waals surface area (Å²) in [4.78, 5) is 0. The van der Waals surface area contributed by atoms with Gasteiger partial charge in [-0.05, 0) is 48.2 Å². The van der Waals surface area contributed by atoms with Gasteiger partial charge >= 0.3 is 0 Å². The molecule has 13 heavy (non-hydrogen) atoms. The molecule has 0 spiro atoms. The van der Waals surface area contributed by atoms with Crippen LogP contribution in [0.1, 0.15) is 20.8 Å². The van der Waals surface area contributed by atoms with Gasteiger partial charge < -0.3 is 0 Å². The maximum Gasteiger partial charge on any atom is 0.0280 e. The van der Waals surface area contributed by atoms with Crippen molar-refractivity contribution in [2.75, 3.05) is 0 Å². The zero-order valence-corrected chi connectivity index (χ0v) is 7.89. The van der Waals surface area contributed by atoms with Gasteiger partial charge in [0.05, 0.1) is 0 Å². The molecule has 0 aromatic heterocycles. The van der Waals surface area contributed by atoms with Crippen molar-refractivity contribution in [3.63, 3.8) is 0 Å². The molecule has 0 saturated heterocycles.